The van der Waals surface area contributed by atoms with Crippen molar-refractivity contribution < 1.29 is 9.53 Å². The van der Waals surface area contributed by atoms with Gasteiger partial charge >= 0.3 is 0 Å². The van der Waals surface area contributed by atoms with Crippen LogP contribution in [0.3, 0.4) is 0 Å². The van der Waals surface area contributed by atoms with Gasteiger partial charge in [0.15, 0.2) is 0 Å². The summed E-state index contributed by atoms with van der Waals surface area (Å²) in [5.41, 5.74) is 0.433. The first kappa shape index (κ1) is 15.7. The zero-order chi connectivity index (χ0) is 16.1. The second kappa shape index (κ2) is 7.37. The normalized spacial score (nSPS) is 15.7. The summed E-state index contributed by atoms with van der Waals surface area (Å²) in [6.45, 7) is 0.0885. The van der Waals surface area contributed by atoms with E-state index < -0.39 is 0 Å². The molecule has 0 bridgehead atoms. The van der Waals surface area contributed by atoms with Gasteiger partial charge in [-0.1, -0.05) is 31.4 Å². The number of hydrogen-bond donors (Lipinski definition) is 2. The number of amides is 1. The molecule has 0 atom stereocenters. The molecular formula is C17H21N3O3. The number of nitrogens with one attached hydrogen (secondary N) is 2. The predicted octanol–water partition coefficient (Wildman–Crippen LogP) is 1.89. The second-order valence-corrected chi connectivity index (χ2v) is 5.93. The van der Waals surface area contributed by atoms with Crippen LogP contribution in [0.4, 0.5) is 0 Å². The first-order valence-corrected chi connectivity index (χ1v) is 8.07. The van der Waals surface area contributed by atoms with Gasteiger partial charge in [0, 0.05) is 6.04 Å². The Morgan fingerprint density at radius 1 is 1.26 bits per heavy atom. The summed E-state index contributed by atoms with van der Waals surface area (Å²) < 4.78 is 5.38. The molecule has 1 aromatic heterocycles. The average molecular weight is 315 g/mol. The molecule has 0 saturated heterocycles. The van der Waals surface area contributed by atoms with Crippen molar-refractivity contribution in [3.8, 4) is 0 Å². The minimum absolute atomic E-state index is 0.0208. The smallest absolute Gasteiger partial charge is 0.258 e. The molecule has 1 heterocycles. The van der Waals surface area contributed by atoms with Gasteiger partial charge in [-0.25, -0.2) is 4.98 Å². The molecule has 1 aliphatic carbocycles. The highest BCUT2D eigenvalue weighted by atomic mass is 16.5. The van der Waals surface area contributed by atoms with Crippen LogP contribution in [0.1, 0.15) is 37.9 Å². The fourth-order valence-electron chi connectivity index (χ4n) is 2.96. The maximum absolute atomic E-state index is 11.9. The van der Waals surface area contributed by atoms with Crippen molar-refractivity contribution in [3.05, 3.63) is 40.4 Å². The third kappa shape index (κ3) is 4.16. The Morgan fingerprint density at radius 2 is 2.04 bits per heavy atom. The lowest BCUT2D eigenvalue weighted by Crippen LogP contribution is -2.38. The number of carbonyl (C=O) groups excluding carboxylic acids is 1. The van der Waals surface area contributed by atoms with Crippen LogP contribution in [-0.2, 0) is 16.1 Å². The Kier molecular flexibility index (Phi) is 5.02. The monoisotopic (exact) mass is 315 g/mol. The molecule has 1 amide bonds. The number of hydrogen-bond acceptors (Lipinski definition) is 4. The van der Waals surface area contributed by atoms with Crippen LogP contribution in [0.25, 0.3) is 10.9 Å². The summed E-state index contributed by atoms with van der Waals surface area (Å²) in [5.74, 6) is 0.319. The molecule has 1 aromatic carbocycles. The first-order valence-electron chi connectivity index (χ1n) is 8.07. The van der Waals surface area contributed by atoms with E-state index in [0.717, 1.165) is 12.8 Å². The molecular weight excluding hydrogens is 294 g/mol. The van der Waals surface area contributed by atoms with Gasteiger partial charge in [0.25, 0.3) is 5.56 Å². The SMILES string of the molecule is O=C(COCc1nc2ccccc2c(=O)[nH]1)NC1CCCCC1. The van der Waals surface area contributed by atoms with Crippen molar-refractivity contribution in [2.24, 2.45) is 0 Å². The largest absolute Gasteiger partial charge is 0.364 e. The van der Waals surface area contributed by atoms with Crippen LogP contribution in [0.5, 0.6) is 0 Å². The number of benzene rings is 1. The number of rotatable bonds is 5. The molecule has 3 rings (SSSR count). The zero-order valence-electron chi connectivity index (χ0n) is 13.0. The number of aromatic nitrogens is 2. The molecule has 1 fully saturated rings. The summed E-state index contributed by atoms with van der Waals surface area (Å²) in [6, 6.07) is 7.41. The Morgan fingerprint density at radius 3 is 2.87 bits per heavy atom. The van der Waals surface area contributed by atoms with Crippen molar-refractivity contribution in [2.75, 3.05) is 6.61 Å². The molecule has 1 saturated carbocycles. The van der Waals surface area contributed by atoms with Crippen LogP contribution >= 0.6 is 0 Å². The highest BCUT2D eigenvalue weighted by Gasteiger charge is 2.15. The van der Waals surface area contributed by atoms with E-state index in [9.17, 15) is 9.59 Å². The highest BCUT2D eigenvalue weighted by molar-refractivity contribution is 5.78. The van der Waals surface area contributed by atoms with E-state index in [4.69, 9.17) is 4.74 Å². The minimum atomic E-state index is -0.194. The molecule has 2 aromatic rings. The predicted molar refractivity (Wildman–Crippen MR) is 87.0 cm³/mol. The number of fused-ring (bicyclic) bond motifs is 1. The standard InChI is InChI=1S/C17H21N3O3/c21-16(18-12-6-2-1-3-7-12)11-23-10-15-19-14-9-5-4-8-13(14)17(22)20-15/h4-5,8-9,12H,1-3,6-7,10-11H2,(H,18,21)(H,19,20,22). The lowest BCUT2D eigenvalue weighted by atomic mass is 9.95. The van der Waals surface area contributed by atoms with Crippen LogP contribution in [0, 0.1) is 0 Å². The van der Waals surface area contributed by atoms with E-state index in [1.54, 1.807) is 18.2 Å². The Labute approximate surface area is 134 Å². The number of ether oxygens (including phenoxy) is 1. The maximum Gasteiger partial charge on any atom is 0.258 e. The lowest BCUT2D eigenvalue weighted by molar-refractivity contribution is -0.127. The van der Waals surface area contributed by atoms with Crippen LogP contribution in [-0.4, -0.2) is 28.5 Å². The number of carbonyl (C=O) groups is 1. The number of para-hydroxylation sites is 1. The lowest BCUT2D eigenvalue weighted by Gasteiger charge is -2.22. The number of aromatic amines is 1. The van der Waals surface area contributed by atoms with Gasteiger partial charge in [0.1, 0.15) is 19.0 Å². The van der Waals surface area contributed by atoms with E-state index in [1.807, 2.05) is 6.07 Å². The van der Waals surface area contributed by atoms with Crippen molar-refractivity contribution in [2.45, 2.75) is 44.8 Å². The highest BCUT2D eigenvalue weighted by Crippen LogP contribution is 2.17. The van der Waals surface area contributed by atoms with E-state index in [1.165, 1.54) is 19.3 Å². The van der Waals surface area contributed by atoms with Crippen molar-refractivity contribution in [1.82, 2.24) is 15.3 Å². The van der Waals surface area contributed by atoms with Crippen LogP contribution in [0.2, 0.25) is 0 Å². The first-order chi connectivity index (χ1) is 11.2. The molecule has 23 heavy (non-hydrogen) atoms. The third-order valence-corrected chi connectivity index (χ3v) is 4.10. The summed E-state index contributed by atoms with van der Waals surface area (Å²) >= 11 is 0. The summed E-state index contributed by atoms with van der Waals surface area (Å²) in [7, 11) is 0. The topological polar surface area (TPSA) is 84.1 Å². The zero-order valence-corrected chi connectivity index (χ0v) is 13.0. The molecule has 2 N–H and O–H groups in total. The quantitative estimate of drug-likeness (QED) is 0.882. The van der Waals surface area contributed by atoms with Crippen LogP contribution in [0.15, 0.2) is 29.1 Å². The molecule has 0 radical (unpaired) electrons. The number of nitrogens with zero attached hydrogens (tertiary/aromatic N) is 1. The summed E-state index contributed by atoms with van der Waals surface area (Å²) in [5, 5.41) is 3.54. The Balaban J connectivity index is 1.52. The third-order valence-electron chi connectivity index (χ3n) is 4.10. The maximum atomic E-state index is 11.9. The molecule has 1 aliphatic rings. The van der Waals surface area contributed by atoms with Crippen molar-refractivity contribution >= 4 is 16.8 Å². The summed E-state index contributed by atoms with van der Waals surface area (Å²) in [4.78, 5) is 30.8. The molecule has 122 valence electrons. The Bertz CT molecular complexity index is 735. The van der Waals surface area contributed by atoms with Gasteiger partial charge in [-0.15, -0.1) is 0 Å². The van der Waals surface area contributed by atoms with Crippen molar-refractivity contribution in [1.29, 1.82) is 0 Å². The van der Waals surface area contributed by atoms with E-state index in [-0.39, 0.29) is 30.7 Å². The van der Waals surface area contributed by atoms with Gasteiger partial charge in [-0.2, -0.15) is 0 Å². The molecule has 0 aliphatic heterocycles. The molecule has 6 heteroatoms. The van der Waals surface area contributed by atoms with Gasteiger partial charge in [-0.05, 0) is 25.0 Å². The molecule has 0 unspecified atom stereocenters. The fraction of sp³-hybridized carbons (Fsp3) is 0.471. The van der Waals surface area contributed by atoms with Gasteiger partial charge in [0.2, 0.25) is 5.91 Å². The van der Waals surface area contributed by atoms with Crippen LogP contribution < -0.4 is 10.9 Å². The fourth-order valence-corrected chi connectivity index (χ4v) is 2.96. The van der Waals surface area contributed by atoms with Gasteiger partial charge < -0.3 is 15.0 Å². The second-order valence-electron chi connectivity index (χ2n) is 5.93. The number of H-pyrrole nitrogens is 1. The van der Waals surface area contributed by atoms with E-state index in [0.29, 0.717) is 16.7 Å². The van der Waals surface area contributed by atoms with E-state index in [2.05, 4.69) is 15.3 Å². The molecule has 0 spiro atoms. The van der Waals surface area contributed by atoms with Gasteiger partial charge in [0.05, 0.1) is 10.9 Å². The van der Waals surface area contributed by atoms with Gasteiger partial charge in [-0.3, -0.25) is 9.59 Å². The summed E-state index contributed by atoms with van der Waals surface area (Å²) in [6.07, 6.45) is 5.70. The minimum Gasteiger partial charge on any atom is -0.364 e. The van der Waals surface area contributed by atoms with Crippen molar-refractivity contribution in [3.63, 3.8) is 0 Å². The van der Waals surface area contributed by atoms with E-state index >= 15 is 0 Å². The molecule has 6 nitrogen and oxygen atoms in total. The Hall–Kier alpha value is -2.21. The average Bonchev–Trinajstić information content (AvgIpc) is 2.56.